The van der Waals surface area contributed by atoms with Gasteiger partial charge < -0.3 is 10.1 Å². The summed E-state index contributed by atoms with van der Waals surface area (Å²) in [6, 6.07) is 7.76. The van der Waals surface area contributed by atoms with Crippen LogP contribution in [-0.2, 0) is 4.79 Å². The van der Waals surface area contributed by atoms with Gasteiger partial charge in [-0.2, -0.15) is 0 Å². The summed E-state index contributed by atoms with van der Waals surface area (Å²) in [5.74, 6) is 1.39. The molecular formula is C17H16N2O2. The fourth-order valence-electron chi connectivity index (χ4n) is 2.72. The molecule has 106 valence electrons. The monoisotopic (exact) mass is 280 g/mol. The van der Waals surface area contributed by atoms with Gasteiger partial charge in [-0.25, -0.2) is 4.98 Å². The summed E-state index contributed by atoms with van der Waals surface area (Å²) in [6.07, 6.45) is 3.56. The van der Waals surface area contributed by atoms with Gasteiger partial charge in [-0.1, -0.05) is 0 Å². The second-order valence-electron chi connectivity index (χ2n) is 5.10. The van der Waals surface area contributed by atoms with Crippen molar-refractivity contribution in [1.29, 1.82) is 0 Å². The molecule has 21 heavy (non-hydrogen) atoms. The first-order valence-corrected chi connectivity index (χ1v) is 6.74. The van der Waals surface area contributed by atoms with Crippen LogP contribution in [0.3, 0.4) is 0 Å². The zero-order valence-corrected chi connectivity index (χ0v) is 12.2. The molecule has 4 nitrogen and oxygen atoms in total. The van der Waals surface area contributed by atoms with Crippen molar-refractivity contribution < 1.29 is 9.53 Å². The van der Waals surface area contributed by atoms with Gasteiger partial charge in [0, 0.05) is 11.8 Å². The summed E-state index contributed by atoms with van der Waals surface area (Å²) in [5.41, 5.74) is 4.56. The van der Waals surface area contributed by atoms with Gasteiger partial charge in [0.25, 0.3) is 5.91 Å². The van der Waals surface area contributed by atoms with Gasteiger partial charge in [0.15, 0.2) is 0 Å². The topological polar surface area (TPSA) is 51.2 Å². The number of aryl methyl sites for hydroxylation is 2. The summed E-state index contributed by atoms with van der Waals surface area (Å²) in [5, 5.41) is 2.78. The van der Waals surface area contributed by atoms with E-state index in [0.717, 1.165) is 28.0 Å². The highest BCUT2D eigenvalue weighted by molar-refractivity contribution is 6.34. The Kier molecular flexibility index (Phi) is 3.22. The highest BCUT2D eigenvalue weighted by atomic mass is 16.5. The van der Waals surface area contributed by atoms with E-state index >= 15 is 0 Å². The van der Waals surface area contributed by atoms with E-state index in [1.807, 2.05) is 44.2 Å². The van der Waals surface area contributed by atoms with E-state index in [9.17, 15) is 4.79 Å². The van der Waals surface area contributed by atoms with E-state index in [1.165, 1.54) is 0 Å². The predicted octanol–water partition coefficient (Wildman–Crippen LogP) is 3.20. The van der Waals surface area contributed by atoms with E-state index in [0.29, 0.717) is 11.4 Å². The molecule has 0 aliphatic carbocycles. The molecule has 2 aromatic rings. The lowest BCUT2D eigenvalue weighted by Crippen LogP contribution is -2.04. The fourth-order valence-corrected chi connectivity index (χ4v) is 2.72. The zero-order valence-electron chi connectivity index (χ0n) is 12.2. The Hall–Kier alpha value is -2.62. The molecule has 0 bridgehead atoms. The number of carbonyl (C=O) groups is 1. The number of aromatic nitrogens is 1. The maximum absolute atomic E-state index is 12.1. The summed E-state index contributed by atoms with van der Waals surface area (Å²) < 4.78 is 5.37. The number of methoxy groups -OCH3 is 1. The number of pyridine rings is 1. The minimum atomic E-state index is -0.116. The Bertz CT molecular complexity index is 740. The summed E-state index contributed by atoms with van der Waals surface area (Å²) in [4.78, 5) is 16.3. The molecule has 0 saturated carbocycles. The molecule has 1 aliphatic heterocycles. The number of hydrogen-bond donors (Lipinski definition) is 1. The Labute approximate surface area is 123 Å². The second kappa shape index (κ2) is 5.05. The van der Waals surface area contributed by atoms with Crippen LogP contribution in [0.25, 0.3) is 11.6 Å². The Balaban J connectivity index is 2.09. The summed E-state index contributed by atoms with van der Waals surface area (Å²) in [7, 11) is 1.67. The van der Waals surface area contributed by atoms with Crippen LogP contribution in [0.15, 0.2) is 30.5 Å². The van der Waals surface area contributed by atoms with Crippen LogP contribution in [-0.4, -0.2) is 18.0 Å². The summed E-state index contributed by atoms with van der Waals surface area (Å²) >= 11 is 0. The van der Waals surface area contributed by atoms with E-state index < -0.39 is 0 Å². The number of carbonyl (C=O) groups excluding carboxylic acids is 1. The van der Waals surface area contributed by atoms with Gasteiger partial charge >= 0.3 is 0 Å². The van der Waals surface area contributed by atoms with Crippen LogP contribution < -0.4 is 10.1 Å². The molecule has 1 N–H and O–H groups in total. The lowest BCUT2D eigenvalue weighted by Gasteiger charge is -2.09. The number of nitrogens with one attached hydrogen (secondary N) is 1. The second-order valence-corrected chi connectivity index (χ2v) is 5.10. The maximum Gasteiger partial charge on any atom is 0.257 e. The molecule has 0 unspecified atom stereocenters. The highest BCUT2D eigenvalue weighted by Gasteiger charge is 2.24. The van der Waals surface area contributed by atoms with Crippen molar-refractivity contribution in [1.82, 2.24) is 4.98 Å². The predicted molar refractivity (Wildman–Crippen MR) is 83.2 cm³/mol. The lowest BCUT2D eigenvalue weighted by molar-refractivity contribution is -0.110. The number of fused-ring (bicyclic) bond motifs is 1. The standard InChI is InChI=1S/C17H16N2O2/c1-10-7-12(8-11(2)15(10)21-3)9-14-13-5-4-6-18-16(13)19-17(14)20/h4-9H,1-3H3,(H,18,19,20). The van der Waals surface area contributed by atoms with Crippen LogP contribution in [0, 0.1) is 13.8 Å². The minimum absolute atomic E-state index is 0.116. The molecule has 1 amide bonds. The molecule has 0 fully saturated rings. The largest absolute Gasteiger partial charge is 0.496 e. The number of nitrogens with zero attached hydrogens (tertiary/aromatic N) is 1. The number of rotatable bonds is 2. The first-order chi connectivity index (χ1) is 10.1. The molecule has 2 heterocycles. The van der Waals surface area contributed by atoms with Gasteiger partial charge in [0.1, 0.15) is 11.6 Å². The third kappa shape index (κ3) is 2.29. The van der Waals surface area contributed by atoms with Crippen molar-refractivity contribution in [3.05, 3.63) is 52.7 Å². The molecule has 4 heteroatoms. The van der Waals surface area contributed by atoms with Crippen molar-refractivity contribution in [2.24, 2.45) is 0 Å². The van der Waals surface area contributed by atoms with Gasteiger partial charge in [-0.15, -0.1) is 0 Å². The van der Waals surface area contributed by atoms with Gasteiger partial charge in [-0.05, 0) is 60.9 Å². The molecule has 1 aliphatic rings. The van der Waals surface area contributed by atoms with E-state index in [4.69, 9.17) is 4.74 Å². The number of ether oxygens (including phenoxy) is 1. The molecular weight excluding hydrogens is 264 g/mol. The molecule has 0 saturated heterocycles. The quantitative estimate of drug-likeness (QED) is 0.859. The molecule has 3 rings (SSSR count). The third-order valence-corrected chi connectivity index (χ3v) is 3.57. The lowest BCUT2D eigenvalue weighted by atomic mass is 10.0. The average molecular weight is 280 g/mol. The van der Waals surface area contributed by atoms with Crippen molar-refractivity contribution in [2.75, 3.05) is 12.4 Å². The van der Waals surface area contributed by atoms with E-state index in [1.54, 1.807) is 13.3 Å². The minimum Gasteiger partial charge on any atom is -0.496 e. The van der Waals surface area contributed by atoms with Crippen molar-refractivity contribution in [3.8, 4) is 5.75 Å². The van der Waals surface area contributed by atoms with Gasteiger partial charge in [0.2, 0.25) is 0 Å². The third-order valence-electron chi connectivity index (χ3n) is 3.57. The van der Waals surface area contributed by atoms with Crippen molar-refractivity contribution in [2.45, 2.75) is 13.8 Å². The van der Waals surface area contributed by atoms with E-state index in [2.05, 4.69) is 10.3 Å². The van der Waals surface area contributed by atoms with Crippen molar-refractivity contribution >= 4 is 23.4 Å². The molecule has 0 spiro atoms. The SMILES string of the molecule is COc1c(C)cc(C=C2C(=O)Nc3ncccc32)cc1C. The summed E-state index contributed by atoms with van der Waals surface area (Å²) in [6.45, 7) is 4.00. The normalized spacial score (nSPS) is 15.0. The van der Waals surface area contributed by atoms with Crippen LogP contribution in [0.2, 0.25) is 0 Å². The van der Waals surface area contributed by atoms with Crippen LogP contribution in [0.4, 0.5) is 5.82 Å². The first kappa shape index (κ1) is 13.4. The Morgan fingerprint density at radius 3 is 2.62 bits per heavy atom. The smallest absolute Gasteiger partial charge is 0.257 e. The molecule has 0 atom stereocenters. The molecule has 1 aromatic carbocycles. The Morgan fingerprint density at radius 2 is 1.95 bits per heavy atom. The van der Waals surface area contributed by atoms with Crippen LogP contribution >= 0.6 is 0 Å². The van der Waals surface area contributed by atoms with Crippen LogP contribution in [0.1, 0.15) is 22.3 Å². The Morgan fingerprint density at radius 1 is 1.24 bits per heavy atom. The maximum atomic E-state index is 12.1. The van der Waals surface area contributed by atoms with Crippen LogP contribution in [0.5, 0.6) is 5.75 Å². The van der Waals surface area contributed by atoms with Crippen molar-refractivity contribution in [3.63, 3.8) is 0 Å². The van der Waals surface area contributed by atoms with Gasteiger partial charge in [0.05, 0.1) is 12.7 Å². The first-order valence-electron chi connectivity index (χ1n) is 6.74. The molecule has 1 aromatic heterocycles. The zero-order chi connectivity index (χ0) is 15.0. The average Bonchev–Trinajstić information content (AvgIpc) is 2.75. The number of amides is 1. The number of benzene rings is 1. The molecule has 0 radical (unpaired) electrons. The number of hydrogen-bond acceptors (Lipinski definition) is 3. The van der Waals surface area contributed by atoms with Gasteiger partial charge in [-0.3, -0.25) is 4.79 Å². The highest BCUT2D eigenvalue weighted by Crippen LogP contribution is 2.32. The van der Waals surface area contributed by atoms with E-state index in [-0.39, 0.29) is 5.91 Å². The fraction of sp³-hybridized carbons (Fsp3) is 0.176. The number of anilines is 1.